The van der Waals surface area contributed by atoms with Crippen LogP contribution >= 0.6 is 0 Å². The first-order valence-corrected chi connectivity index (χ1v) is 9.95. The molecule has 0 radical (unpaired) electrons. The van der Waals surface area contributed by atoms with Crippen LogP contribution in [0.1, 0.15) is 45.4 Å². The Labute approximate surface area is 146 Å². The summed E-state index contributed by atoms with van der Waals surface area (Å²) in [6.45, 7) is 6.97. The second-order valence-corrected chi connectivity index (χ2v) is 8.16. The zero-order valence-corrected chi connectivity index (χ0v) is 15.3. The summed E-state index contributed by atoms with van der Waals surface area (Å²) in [5.74, 6) is 2.48. The average Bonchev–Trinajstić information content (AvgIpc) is 3.30. The van der Waals surface area contributed by atoms with Gasteiger partial charge in [-0.15, -0.1) is 0 Å². The van der Waals surface area contributed by atoms with E-state index >= 15 is 0 Å². The quantitative estimate of drug-likeness (QED) is 0.632. The Balaban J connectivity index is 1.46. The summed E-state index contributed by atoms with van der Waals surface area (Å²) in [4.78, 5) is 7.30. The number of likely N-dealkylation sites (tertiary alicyclic amines) is 1. The molecule has 2 aliphatic carbocycles. The van der Waals surface area contributed by atoms with Gasteiger partial charge in [0.25, 0.3) is 0 Å². The summed E-state index contributed by atoms with van der Waals surface area (Å²) >= 11 is 0. The van der Waals surface area contributed by atoms with Crippen molar-refractivity contribution >= 4 is 5.96 Å². The molecular weight excluding hydrogens is 302 g/mol. The van der Waals surface area contributed by atoms with Gasteiger partial charge in [-0.3, -0.25) is 4.99 Å². The van der Waals surface area contributed by atoms with Crippen LogP contribution in [-0.4, -0.2) is 63.0 Å². The molecule has 24 heavy (non-hydrogen) atoms. The third-order valence-corrected chi connectivity index (χ3v) is 6.87. The molecule has 5 heteroatoms. The Morgan fingerprint density at radius 1 is 1.33 bits per heavy atom. The standard InChI is InChI=1S/C19H33N3O2/c1-3-20-18(22-10-6-14(12-22)13-23-2)21-16-15-7-11-24-17(15)19(16)8-4-5-9-19/h14-17H,3-13H2,1-2H3,(H,20,21). The maximum Gasteiger partial charge on any atom is 0.194 e. The maximum atomic E-state index is 6.13. The van der Waals surface area contributed by atoms with Gasteiger partial charge in [0, 0.05) is 56.6 Å². The van der Waals surface area contributed by atoms with Gasteiger partial charge in [0.2, 0.25) is 0 Å². The summed E-state index contributed by atoms with van der Waals surface area (Å²) < 4.78 is 11.5. The number of rotatable bonds is 4. The van der Waals surface area contributed by atoms with Gasteiger partial charge >= 0.3 is 0 Å². The predicted molar refractivity (Wildman–Crippen MR) is 95.2 cm³/mol. The SMILES string of the molecule is CCN=C(NC1C2CCOC2C12CCCC2)N1CCC(COC)C1. The fourth-order valence-electron chi connectivity index (χ4n) is 5.83. The van der Waals surface area contributed by atoms with E-state index in [1.165, 1.54) is 38.5 Å². The molecule has 2 saturated carbocycles. The van der Waals surface area contributed by atoms with Crippen LogP contribution in [0, 0.1) is 17.3 Å². The molecule has 4 rings (SSSR count). The molecule has 4 fully saturated rings. The number of guanidine groups is 1. The molecule has 0 aromatic heterocycles. The van der Waals surface area contributed by atoms with E-state index in [1.807, 2.05) is 0 Å². The lowest BCUT2D eigenvalue weighted by Crippen LogP contribution is -2.69. The summed E-state index contributed by atoms with van der Waals surface area (Å²) in [7, 11) is 1.81. The van der Waals surface area contributed by atoms with E-state index in [0.717, 1.165) is 38.8 Å². The lowest BCUT2D eigenvalue weighted by Gasteiger charge is -2.57. The highest BCUT2D eigenvalue weighted by Crippen LogP contribution is 2.60. The summed E-state index contributed by atoms with van der Waals surface area (Å²) in [6, 6.07) is 0.569. The van der Waals surface area contributed by atoms with Crippen LogP contribution in [0.2, 0.25) is 0 Å². The van der Waals surface area contributed by atoms with Crippen LogP contribution in [0.4, 0.5) is 0 Å². The zero-order valence-electron chi connectivity index (χ0n) is 15.3. The van der Waals surface area contributed by atoms with Crippen LogP contribution in [0.25, 0.3) is 0 Å². The van der Waals surface area contributed by atoms with Gasteiger partial charge in [-0.05, 0) is 32.6 Å². The third kappa shape index (κ3) is 2.64. The van der Waals surface area contributed by atoms with E-state index in [-0.39, 0.29) is 0 Å². The molecule has 136 valence electrons. The molecule has 4 aliphatic rings. The summed E-state index contributed by atoms with van der Waals surface area (Å²) in [5.41, 5.74) is 0.390. The van der Waals surface area contributed by atoms with Crippen LogP contribution in [-0.2, 0) is 9.47 Å². The van der Waals surface area contributed by atoms with Crippen LogP contribution < -0.4 is 5.32 Å². The number of aliphatic imine (C=N–C) groups is 1. The minimum absolute atomic E-state index is 0.390. The minimum Gasteiger partial charge on any atom is -0.384 e. The van der Waals surface area contributed by atoms with Crippen molar-refractivity contribution in [3.8, 4) is 0 Å². The smallest absolute Gasteiger partial charge is 0.194 e. The van der Waals surface area contributed by atoms with Crippen molar-refractivity contribution in [1.82, 2.24) is 10.2 Å². The van der Waals surface area contributed by atoms with Gasteiger partial charge in [0.15, 0.2) is 5.96 Å². The van der Waals surface area contributed by atoms with Crippen molar-refractivity contribution in [2.45, 2.75) is 57.6 Å². The molecular formula is C19H33N3O2. The van der Waals surface area contributed by atoms with E-state index in [2.05, 4.69) is 17.1 Å². The summed E-state index contributed by atoms with van der Waals surface area (Å²) in [6.07, 6.45) is 8.34. The second kappa shape index (κ2) is 6.83. The minimum atomic E-state index is 0.390. The van der Waals surface area contributed by atoms with Crippen molar-refractivity contribution in [3.63, 3.8) is 0 Å². The first kappa shape index (κ1) is 16.6. The molecule has 2 aliphatic heterocycles. The third-order valence-electron chi connectivity index (χ3n) is 6.87. The molecule has 5 nitrogen and oxygen atoms in total. The molecule has 0 bridgehead atoms. The van der Waals surface area contributed by atoms with Gasteiger partial charge < -0.3 is 19.7 Å². The van der Waals surface area contributed by atoms with Gasteiger partial charge in [0.05, 0.1) is 12.7 Å². The van der Waals surface area contributed by atoms with Gasteiger partial charge in [0.1, 0.15) is 0 Å². The van der Waals surface area contributed by atoms with Crippen molar-refractivity contribution < 1.29 is 9.47 Å². The molecule has 4 unspecified atom stereocenters. The van der Waals surface area contributed by atoms with Crippen molar-refractivity contribution in [1.29, 1.82) is 0 Å². The zero-order chi connectivity index (χ0) is 16.6. The normalized spacial score (nSPS) is 37.8. The highest BCUT2D eigenvalue weighted by molar-refractivity contribution is 5.81. The lowest BCUT2D eigenvalue weighted by molar-refractivity contribution is -0.125. The first-order chi connectivity index (χ1) is 11.8. The highest BCUT2D eigenvalue weighted by Gasteiger charge is 2.65. The fourth-order valence-corrected chi connectivity index (χ4v) is 5.83. The molecule has 4 atom stereocenters. The van der Waals surface area contributed by atoms with Crippen molar-refractivity contribution in [2.75, 3.05) is 40.0 Å². The van der Waals surface area contributed by atoms with E-state index in [0.29, 0.717) is 29.4 Å². The second-order valence-electron chi connectivity index (χ2n) is 8.16. The number of hydrogen-bond donors (Lipinski definition) is 1. The highest BCUT2D eigenvalue weighted by atomic mass is 16.5. The molecule has 1 spiro atoms. The number of fused-ring (bicyclic) bond motifs is 2. The van der Waals surface area contributed by atoms with Gasteiger partial charge in [-0.2, -0.15) is 0 Å². The van der Waals surface area contributed by atoms with E-state index < -0.39 is 0 Å². The van der Waals surface area contributed by atoms with Crippen LogP contribution in [0.3, 0.4) is 0 Å². The fraction of sp³-hybridized carbons (Fsp3) is 0.947. The number of nitrogens with zero attached hydrogens (tertiary/aromatic N) is 2. The summed E-state index contributed by atoms with van der Waals surface area (Å²) in [5, 5.41) is 3.92. The molecule has 2 heterocycles. The maximum absolute atomic E-state index is 6.13. The number of ether oxygens (including phenoxy) is 2. The van der Waals surface area contributed by atoms with E-state index in [1.54, 1.807) is 7.11 Å². The Kier molecular flexibility index (Phi) is 4.74. The first-order valence-electron chi connectivity index (χ1n) is 9.95. The molecule has 1 N–H and O–H groups in total. The molecule has 0 amide bonds. The monoisotopic (exact) mass is 335 g/mol. The number of hydrogen-bond acceptors (Lipinski definition) is 3. The predicted octanol–water partition coefficient (Wildman–Crippen LogP) is 2.27. The largest absolute Gasteiger partial charge is 0.384 e. The number of methoxy groups -OCH3 is 1. The molecule has 0 aromatic rings. The Morgan fingerprint density at radius 3 is 2.92 bits per heavy atom. The Hall–Kier alpha value is -0.810. The van der Waals surface area contributed by atoms with Crippen molar-refractivity contribution in [3.05, 3.63) is 0 Å². The molecule has 2 saturated heterocycles. The van der Waals surface area contributed by atoms with E-state index in [9.17, 15) is 0 Å². The average molecular weight is 335 g/mol. The van der Waals surface area contributed by atoms with Crippen molar-refractivity contribution in [2.24, 2.45) is 22.2 Å². The lowest BCUT2D eigenvalue weighted by atomic mass is 9.54. The van der Waals surface area contributed by atoms with Gasteiger partial charge in [-0.25, -0.2) is 0 Å². The van der Waals surface area contributed by atoms with Gasteiger partial charge in [-0.1, -0.05) is 12.8 Å². The topological polar surface area (TPSA) is 46.1 Å². The van der Waals surface area contributed by atoms with E-state index in [4.69, 9.17) is 14.5 Å². The number of nitrogens with one attached hydrogen (secondary N) is 1. The van der Waals surface area contributed by atoms with Crippen LogP contribution in [0.15, 0.2) is 4.99 Å². The Bertz CT molecular complexity index is 475. The van der Waals surface area contributed by atoms with Crippen LogP contribution in [0.5, 0.6) is 0 Å². The molecule has 0 aromatic carbocycles. The Morgan fingerprint density at radius 2 is 2.17 bits per heavy atom.